The van der Waals surface area contributed by atoms with Crippen LogP contribution in [0.25, 0.3) is 0 Å². The first-order chi connectivity index (χ1) is 13.0. The molecular formula is C20H29N4O3+. The van der Waals surface area contributed by atoms with E-state index in [1.54, 1.807) is 35.2 Å². The van der Waals surface area contributed by atoms with Crippen LogP contribution in [0, 0.1) is 5.92 Å². The Morgan fingerprint density at radius 2 is 1.85 bits per heavy atom. The molecule has 0 radical (unpaired) electrons. The summed E-state index contributed by atoms with van der Waals surface area (Å²) in [5.41, 5.74) is 0.432. The molecule has 0 saturated carbocycles. The van der Waals surface area contributed by atoms with Gasteiger partial charge in [0.05, 0.1) is 25.3 Å². The second-order valence-corrected chi connectivity index (χ2v) is 6.78. The Labute approximate surface area is 160 Å². The number of nitrogens with zero attached hydrogens (tertiary/aromatic N) is 2. The van der Waals surface area contributed by atoms with Crippen molar-refractivity contribution in [2.75, 3.05) is 24.5 Å². The molecule has 146 valence electrons. The van der Waals surface area contributed by atoms with Crippen molar-refractivity contribution in [1.82, 2.24) is 5.32 Å². The molecule has 1 aliphatic rings. The highest BCUT2D eigenvalue weighted by molar-refractivity contribution is 6.32. The molecule has 0 aromatic heterocycles. The van der Waals surface area contributed by atoms with Gasteiger partial charge < -0.3 is 4.90 Å². The fraction of sp³-hybridized carbons (Fsp3) is 0.500. The van der Waals surface area contributed by atoms with Crippen molar-refractivity contribution in [2.45, 2.75) is 39.7 Å². The Morgan fingerprint density at radius 1 is 1.19 bits per heavy atom. The van der Waals surface area contributed by atoms with Crippen molar-refractivity contribution in [3.05, 3.63) is 30.3 Å². The minimum absolute atomic E-state index is 0.0170. The number of quaternary nitrogens is 1. The van der Waals surface area contributed by atoms with Crippen molar-refractivity contribution < 1.29 is 19.3 Å². The first-order valence-corrected chi connectivity index (χ1v) is 9.58. The molecule has 1 fully saturated rings. The zero-order valence-corrected chi connectivity index (χ0v) is 16.3. The number of nitrogens with one attached hydrogen (secondary N) is 2. The Hall–Kier alpha value is -2.54. The Bertz CT molecular complexity index is 686. The molecule has 7 heteroatoms. The van der Waals surface area contributed by atoms with E-state index in [4.69, 9.17) is 0 Å². The second kappa shape index (κ2) is 9.97. The van der Waals surface area contributed by atoms with Crippen molar-refractivity contribution in [2.24, 2.45) is 10.9 Å². The largest absolute Gasteiger partial charge is 0.335 e. The normalized spacial score (nSPS) is 19.0. The molecular weight excluding hydrogens is 344 g/mol. The number of hydrogen-bond acceptors (Lipinski definition) is 4. The number of amides is 4. The summed E-state index contributed by atoms with van der Waals surface area (Å²) in [4.78, 5) is 43.8. The number of carbonyl (C=O) groups excluding carboxylic acids is 3. The molecule has 2 N–H and O–H groups in total. The zero-order chi connectivity index (χ0) is 19.8. The highest BCUT2D eigenvalue weighted by Gasteiger charge is 2.40. The van der Waals surface area contributed by atoms with Crippen LogP contribution in [0.2, 0.25) is 0 Å². The number of hydrogen-bond donors (Lipinski definition) is 2. The first kappa shape index (κ1) is 20.8. The van der Waals surface area contributed by atoms with Gasteiger partial charge in [0.25, 0.3) is 5.91 Å². The molecule has 4 amide bonds. The third-order valence-corrected chi connectivity index (χ3v) is 4.86. The van der Waals surface area contributed by atoms with E-state index in [0.29, 0.717) is 5.69 Å². The minimum Gasteiger partial charge on any atom is -0.335 e. The fourth-order valence-corrected chi connectivity index (χ4v) is 3.10. The average molecular weight is 373 g/mol. The highest BCUT2D eigenvalue weighted by Crippen LogP contribution is 2.19. The maximum atomic E-state index is 12.7. The van der Waals surface area contributed by atoms with Crippen LogP contribution in [-0.2, 0) is 9.59 Å². The van der Waals surface area contributed by atoms with Crippen LogP contribution >= 0.6 is 0 Å². The maximum Gasteiger partial charge on any atom is 0.335 e. The first-order valence-electron chi connectivity index (χ1n) is 9.58. The second-order valence-electron chi connectivity index (χ2n) is 6.78. The van der Waals surface area contributed by atoms with Crippen LogP contribution in [0.4, 0.5) is 10.5 Å². The molecule has 7 nitrogen and oxygen atoms in total. The van der Waals surface area contributed by atoms with Crippen LogP contribution in [0.5, 0.6) is 0 Å². The van der Waals surface area contributed by atoms with Crippen LogP contribution in [0.3, 0.4) is 0 Å². The molecule has 2 atom stereocenters. The van der Waals surface area contributed by atoms with Gasteiger partial charge in [0.1, 0.15) is 0 Å². The van der Waals surface area contributed by atoms with Gasteiger partial charge in [0, 0.05) is 12.3 Å². The SMILES string of the molecule is CC[NH+](CC)CCC[C@@H](C)N=CC1C(=O)NC(=O)N(c2ccccc2)C1=O. The van der Waals surface area contributed by atoms with Gasteiger partial charge >= 0.3 is 6.03 Å². The summed E-state index contributed by atoms with van der Waals surface area (Å²) >= 11 is 0. The van der Waals surface area contributed by atoms with E-state index in [2.05, 4.69) is 24.2 Å². The third-order valence-electron chi connectivity index (χ3n) is 4.86. The predicted octanol–water partition coefficient (Wildman–Crippen LogP) is 1.05. The summed E-state index contributed by atoms with van der Waals surface area (Å²) in [6.45, 7) is 9.62. The third kappa shape index (κ3) is 5.47. The molecule has 1 heterocycles. The van der Waals surface area contributed by atoms with Gasteiger partial charge in [-0.15, -0.1) is 0 Å². The van der Waals surface area contributed by atoms with E-state index in [1.807, 2.05) is 6.92 Å². The Balaban J connectivity index is 1.99. The predicted molar refractivity (Wildman–Crippen MR) is 105 cm³/mol. The number of benzene rings is 1. The van der Waals surface area contributed by atoms with E-state index >= 15 is 0 Å². The average Bonchev–Trinajstić information content (AvgIpc) is 2.65. The number of imide groups is 2. The quantitative estimate of drug-likeness (QED) is 0.501. The fourth-order valence-electron chi connectivity index (χ4n) is 3.10. The number of rotatable bonds is 9. The molecule has 0 spiro atoms. The van der Waals surface area contributed by atoms with Crippen molar-refractivity contribution in [3.63, 3.8) is 0 Å². The molecule has 1 aromatic rings. The number of barbiturate groups is 1. The van der Waals surface area contributed by atoms with Crippen LogP contribution in [0.1, 0.15) is 33.6 Å². The van der Waals surface area contributed by atoms with Gasteiger partial charge in [-0.25, -0.2) is 9.69 Å². The van der Waals surface area contributed by atoms with Gasteiger partial charge in [0.2, 0.25) is 5.91 Å². The number of urea groups is 1. The van der Waals surface area contributed by atoms with Gasteiger partial charge in [-0.05, 0) is 45.7 Å². The summed E-state index contributed by atoms with van der Waals surface area (Å²) in [6, 6.07) is 7.85. The lowest BCUT2D eigenvalue weighted by molar-refractivity contribution is -0.896. The lowest BCUT2D eigenvalue weighted by atomic mass is 10.1. The highest BCUT2D eigenvalue weighted by atomic mass is 16.2. The lowest BCUT2D eigenvalue weighted by Gasteiger charge is -2.28. The maximum absolute atomic E-state index is 12.7. The van der Waals surface area contributed by atoms with Crippen molar-refractivity contribution >= 4 is 29.7 Å². The summed E-state index contributed by atoms with van der Waals surface area (Å²) in [7, 11) is 0. The molecule has 1 unspecified atom stereocenters. The van der Waals surface area contributed by atoms with Crippen molar-refractivity contribution in [3.8, 4) is 0 Å². The van der Waals surface area contributed by atoms with Crippen LogP contribution in [-0.4, -0.2) is 49.7 Å². The van der Waals surface area contributed by atoms with Gasteiger partial charge in [0.15, 0.2) is 5.92 Å². The summed E-state index contributed by atoms with van der Waals surface area (Å²) in [5.74, 6) is -2.28. The number of para-hydroxylation sites is 1. The standard InChI is InChI=1S/C20H28N4O3/c1-4-23(5-2)13-9-10-15(3)21-14-17-18(25)22-20(27)24(19(17)26)16-11-7-6-8-12-16/h6-8,11-12,14-15,17H,4-5,9-10,13H2,1-3H3,(H,22,25,27)/p+1/t15-,17?/m1/s1. The van der Waals surface area contributed by atoms with Gasteiger partial charge in [-0.2, -0.15) is 0 Å². The lowest BCUT2D eigenvalue weighted by Crippen LogP contribution is -3.11. The van der Waals surface area contributed by atoms with Crippen LogP contribution in [0.15, 0.2) is 35.3 Å². The molecule has 0 aliphatic carbocycles. The van der Waals surface area contributed by atoms with Crippen molar-refractivity contribution in [1.29, 1.82) is 0 Å². The molecule has 0 bridgehead atoms. The summed E-state index contributed by atoms with van der Waals surface area (Å²) in [6.07, 6.45) is 3.31. The summed E-state index contributed by atoms with van der Waals surface area (Å²) < 4.78 is 0. The molecule has 1 aliphatic heterocycles. The smallest absolute Gasteiger partial charge is 0.335 e. The van der Waals surface area contributed by atoms with E-state index in [-0.39, 0.29) is 6.04 Å². The summed E-state index contributed by atoms with van der Waals surface area (Å²) in [5, 5.41) is 2.24. The minimum atomic E-state index is -1.08. The molecule has 1 saturated heterocycles. The Kier molecular flexibility index (Phi) is 7.67. The van der Waals surface area contributed by atoms with E-state index in [0.717, 1.165) is 37.4 Å². The molecule has 27 heavy (non-hydrogen) atoms. The number of carbonyl (C=O) groups is 3. The van der Waals surface area contributed by atoms with Gasteiger partial charge in [-0.1, -0.05) is 18.2 Å². The van der Waals surface area contributed by atoms with Crippen LogP contribution < -0.4 is 15.1 Å². The van der Waals surface area contributed by atoms with Gasteiger partial charge in [-0.3, -0.25) is 19.9 Å². The number of anilines is 1. The van der Waals surface area contributed by atoms with E-state index < -0.39 is 23.8 Å². The molecule has 2 rings (SSSR count). The van der Waals surface area contributed by atoms with E-state index in [9.17, 15) is 14.4 Å². The van der Waals surface area contributed by atoms with E-state index in [1.165, 1.54) is 6.21 Å². The Morgan fingerprint density at radius 3 is 2.48 bits per heavy atom. The zero-order valence-electron chi connectivity index (χ0n) is 16.3. The number of aliphatic imine (C=N–C) groups is 1. The topological polar surface area (TPSA) is 83.3 Å². The monoisotopic (exact) mass is 373 g/mol. The molecule has 1 aromatic carbocycles.